The fourth-order valence-electron chi connectivity index (χ4n) is 2.31. The number of rotatable bonds is 2. The Morgan fingerprint density at radius 1 is 1.26 bits per heavy atom. The molecule has 3 heterocycles. The number of aliphatic hydroxyl groups is 1. The summed E-state index contributed by atoms with van der Waals surface area (Å²) in [7, 11) is 0. The van der Waals surface area contributed by atoms with E-state index in [-0.39, 0.29) is 18.3 Å². The van der Waals surface area contributed by atoms with Crippen LogP contribution in [0.1, 0.15) is 12.8 Å². The van der Waals surface area contributed by atoms with E-state index >= 15 is 0 Å². The molecule has 0 spiro atoms. The Bertz CT molecular complexity index is 645. The van der Waals surface area contributed by atoms with Crippen molar-refractivity contribution < 1.29 is 20.1 Å². The van der Waals surface area contributed by atoms with Crippen molar-refractivity contribution in [1.82, 2.24) is 15.0 Å². The maximum atomic E-state index is 9.54. The highest BCUT2D eigenvalue weighted by molar-refractivity contribution is 5.57. The zero-order valence-corrected chi connectivity index (χ0v) is 12.4. The molecule has 0 radical (unpaired) electrons. The molecule has 0 aromatic carbocycles. The number of piperidine rings is 1. The molecule has 122 valence electrons. The quantitative estimate of drug-likeness (QED) is 0.699. The van der Waals surface area contributed by atoms with Gasteiger partial charge in [-0.25, -0.2) is 9.97 Å². The summed E-state index contributed by atoms with van der Waals surface area (Å²) in [5, 5.41) is 25.9. The Labute approximate surface area is 133 Å². The summed E-state index contributed by atoms with van der Waals surface area (Å²) in [5.74, 6) is 1.47. The van der Waals surface area contributed by atoms with E-state index in [0.717, 1.165) is 31.7 Å². The van der Waals surface area contributed by atoms with Crippen LogP contribution in [0.2, 0.25) is 0 Å². The highest BCUT2D eigenvalue weighted by Crippen LogP contribution is 2.22. The Hall–Kier alpha value is -2.74. The number of anilines is 1. The van der Waals surface area contributed by atoms with Crippen molar-refractivity contribution in [2.24, 2.45) is 0 Å². The monoisotopic (exact) mass is 318 g/mol. The lowest BCUT2D eigenvalue weighted by molar-refractivity contribution is -0.122. The van der Waals surface area contributed by atoms with Gasteiger partial charge in [-0.05, 0) is 25.0 Å². The largest absolute Gasteiger partial charge is 0.506 e. The third-order valence-electron chi connectivity index (χ3n) is 3.41. The summed E-state index contributed by atoms with van der Waals surface area (Å²) in [6, 6.07) is 3.45. The molecule has 1 saturated heterocycles. The summed E-state index contributed by atoms with van der Waals surface area (Å²) in [6.07, 6.45) is 6.01. The van der Waals surface area contributed by atoms with Crippen LogP contribution in [0.4, 0.5) is 5.82 Å². The predicted octanol–water partition coefficient (Wildman–Crippen LogP) is 0.906. The van der Waals surface area contributed by atoms with Gasteiger partial charge in [-0.1, -0.05) is 0 Å². The van der Waals surface area contributed by atoms with Crippen LogP contribution in [0.5, 0.6) is 5.75 Å². The van der Waals surface area contributed by atoms with Crippen molar-refractivity contribution in [3.63, 3.8) is 0 Å². The first kappa shape index (κ1) is 16.6. The summed E-state index contributed by atoms with van der Waals surface area (Å²) >= 11 is 0. The van der Waals surface area contributed by atoms with Crippen molar-refractivity contribution in [2.75, 3.05) is 18.0 Å². The molecule has 23 heavy (non-hydrogen) atoms. The number of hydrogen-bond donors (Lipinski definition) is 3. The van der Waals surface area contributed by atoms with Crippen LogP contribution in [-0.4, -0.2) is 55.9 Å². The predicted molar refractivity (Wildman–Crippen MR) is 83.1 cm³/mol. The Morgan fingerprint density at radius 2 is 1.96 bits per heavy atom. The number of aromatic hydroxyl groups is 1. The lowest BCUT2D eigenvalue weighted by Gasteiger charge is -2.30. The van der Waals surface area contributed by atoms with Gasteiger partial charge in [-0.3, -0.25) is 9.78 Å². The van der Waals surface area contributed by atoms with Gasteiger partial charge in [0.1, 0.15) is 11.6 Å². The number of aliphatic hydroxyl groups excluding tert-OH is 1. The van der Waals surface area contributed by atoms with Crippen LogP contribution in [0, 0.1) is 0 Å². The van der Waals surface area contributed by atoms with Crippen molar-refractivity contribution >= 4 is 12.3 Å². The molecule has 1 aliphatic rings. The molecule has 2 aromatic rings. The molecule has 3 rings (SSSR count). The van der Waals surface area contributed by atoms with E-state index in [1.807, 2.05) is 6.07 Å². The van der Waals surface area contributed by atoms with Crippen molar-refractivity contribution in [3.05, 3.63) is 30.7 Å². The van der Waals surface area contributed by atoms with Crippen molar-refractivity contribution in [3.8, 4) is 17.1 Å². The highest BCUT2D eigenvalue weighted by atomic mass is 16.3. The average molecular weight is 318 g/mol. The Morgan fingerprint density at radius 3 is 2.61 bits per heavy atom. The van der Waals surface area contributed by atoms with E-state index in [2.05, 4.69) is 19.9 Å². The van der Waals surface area contributed by atoms with Crippen LogP contribution in [0.25, 0.3) is 11.4 Å². The van der Waals surface area contributed by atoms with Gasteiger partial charge in [0.2, 0.25) is 0 Å². The molecular formula is C15H18N4O4. The zero-order chi connectivity index (χ0) is 16.7. The minimum absolute atomic E-state index is 0.0950. The van der Waals surface area contributed by atoms with Gasteiger partial charge in [-0.2, -0.15) is 0 Å². The van der Waals surface area contributed by atoms with E-state index in [9.17, 15) is 10.2 Å². The van der Waals surface area contributed by atoms with Gasteiger partial charge < -0.3 is 20.2 Å². The lowest BCUT2D eigenvalue weighted by Crippen LogP contribution is -2.36. The SMILES string of the molecule is O=CO.Oc1cncc(-c2nccc(N3CCC(O)CC3)n2)c1. The first-order valence-corrected chi connectivity index (χ1v) is 7.12. The number of aromatic nitrogens is 3. The molecule has 8 nitrogen and oxygen atoms in total. The summed E-state index contributed by atoms with van der Waals surface area (Å²) in [6.45, 7) is 1.33. The Kier molecular flexibility index (Phi) is 5.81. The summed E-state index contributed by atoms with van der Waals surface area (Å²) in [5.41, 5.74) is 0.684. The van der Waals surface area contributed by atoms with E-state index in [0.29, 0.717) is 11.4 Å². The van der Waals surface area contributed by atoms with Crippen molar-refractivity contribution in [1.29, 1.82) is 0 Å². The minimum atomic E-state index is -0.250. The topological polar surface area (TPSA) is 120 Å². The number of hydrogen-bond acceptors (Lipinski definition) is 7. The number of carboxylic acid groups (broad SMARTS) is 1. The summed E-state index contributed by atoms with van der Waals surface area (Å²) < 4.78 is 0. The molecule has 0 atom stereocenters. The number of nitrogens with zero attached hydrogens (tertiary/aromatic N) is 4. The second-order valence-corrected chi connectivity index (χ2v) is 4.99. The fourth-order valence-corrected chi connectivity index (χ4v) is 2.31. The van der Waals surface area contributed by atoms with Gasteiger partial charge in [-0.15, -0.1) is 0 Å². The fraction of sp³-hybridized carbons (Fsp3) is 0.333. The third kappa shape index (κ3) is 4.62. The second kappa shape index (κ2) is 8.04. The normalized spacial score (nSPS) is 14.7. The standard InChI is InChI=1S/C14H16N4O2.CH2O2/c19-11-2-5-18(6-3-11)13-1-4-16-14(17-13)10-7-12(20)9-15-8-10;2-1-3/h1,4,7-9,11,19-20H,2-3,5-6H2;1H,(H,2,3). The molecule has 0 unspecified atom stereocenters. The lowest BCUT2D eigenvalue weighted by atomic mass is 10.1. The molecule has 8 heteroatoms. The molecule has 1 aliphatic heterocycles. The van der Waals surface area contributed by atoms with Crippen molar-refractivity contribution in [2.45, 2.75) is 18.9 Å². The van der Waals surface area contributed by atoms with E-state index in [1.54, 1.807) is 18.5 Å². The van der Waals surface area contributed by atoms with Gasteiger partial charge >= 0.3 is 0 Å². The van der Waals surface area contributed by atoms with Crippen LogP contribution >= 0.6 is 0 Å². The van der Waals surface area contributed by atoms with Crippen LogP contribution in [-0.2, 0) is 4.79 Å². The van der Waals surface area contributed by atoms with Gasteiger partial charge in [0.25, 0.3) is 6.47 Å². The summed E-state index contributed by atoms with van der Waals surface area (Å²) in [4.78, 5) is 23.2. The Balaban J connectivity index is 0.000000595. The van der Waals surface area contributed by atoms with Crippen LogP contribution in [0.15, 0.2) is 30.7 Å². The maximum absolute atomic E-state index is 9.54. The molecule has 0 saturated carbocycles. The molecule has 3 N–H and O–H groups in total. The number of pyridine rings is 1. The van der Waals surface area contributed by atoms with E-state index in [4.69, 9.17) is 9.90 Å². The van der Waals surface area contributed by atoms with Gasteiger partial charge in [0.05, 0.1) is 12.3 Å². The third-order valence-corrected chi connectivity index (χ3v) is 3.41. The zero-order valence-electron chi connectivity index (χ0n) is 12.4. The first-order valence-electron chi connectivity index (χ1n) is 7.12. The smallest absolute Gasteiger partial charge is 0.290 e. The maximum Gasteiger partial charge on any atom is 0.290 e. The van der Waals surface area contributed by atoms with Gasteiger partial charge in [0, 0.05) is 31.0 Å². The van der Waals surface area contributed by atoms with Gasteiger partial charge in [0.15, 0.2) is 5.82 Å². The highest BCUT2D eigenvalue weighted by Gasteiger charge is 2.18. The molecule has 1 fully saturated rings. The van der Waals surface area contributed by atoms with Crippen LogP contribution < -0.4 is 4.90 Å². The second-order valence-electron chi connectivity index (χ2n) is 4.99. The average Bonchev–Trinajstić information content (AvgIpc) is 2.56. The van der Waals surface area contributed by atoms with Crippen LogP contribution in [0.3, 0.4) is 0 Å². The van der Waals surface area contributed by atoms with E-state index in [1.165, 1.54) is 6.20 Å². The minimum Gasteiger partial charge on any atom is -0.506 e. The molecule has 0 aliphatic carbocycles. The number of carbonyl (C=O) groups is 1. The molecule has 0 bridgehead atoms. The molecular weight excluding hydrogens is 300 g/mol. The first-order chi connectivity index (χ1) is 11.1. The molecule has 2 aromatic heterocycles. The van der Waals surface area contributed by atoms with E-state index < -0.39 is 0 Å². The molecule has 0 amide bonds.